The number of alkyl halides is 2. The van der Waals surface area contributed by atoms with Crippen LogP contribution in [0.1, 0.15) is 35.1 Å². The predicted molar refractivity (Wildman–Crippen MR) is 211 cm³/mol. The minimum atomic E-state index is -4.05. The number of halogens is 5. The summed E-state index contributed by atoms with van der Waals surface area (Å²) in [5, 5.41) is 17.0. The molecule has 0 radical (unpaired) electrons. The van der Waals surface area contributed by atoms with Gasteiger partial charge in [0.15, 0.2) is 11.6 Å². The number of hydrogen-bond acceptors (Lipinski definition) is 9. The summed E-state index contributed by atoms with van der Waals surface area (Å²) in [6, 6.07) is 15.8. The maximum Gasteiger partial charge on any atom is 0.405 e. The van der Waals surface area contributed by atoms with E-state index in [1.165, 1.54) is 49.2 Å². The van der Waals surface area contributed by atoms with Crippen molar-refractivity contribution >= 4 is 55.3 Å². The first-order chi connectivity index (χ1) is 28.0. The number of aromatic nitrogens is 6. The molecule has 4 aromatic carbocycles. The molecule has 14 nitrogen and oxygen atoms in total. The Morgan fingerprint density at radius 1 is 0.983 bits per heavy atom. The van der Waals surface area contributed by atoms with Crippen molar-refractivity contribution in [3.8, 4) is 22.8 Å². The average Bonchev–Trinajstić information content (AvgIpc) is 3.53. The zero-order valence-electron chi connectivity index (χ0n) is 31.1. The van der Waals surface area contributed by atoms with Crippen LogP contribution in [0.3, 0.4) is 0 Å². The number of nitrogens with zero attached hydrogens (tertiary/aromatic N) is 7. The number of methoxy groups -OCH3 is 1. The van der Waals surface area contributed by atoms with E-state index in [0.717, 1.165) is 39.5 Å². The molecule has 0 aliphatic heterocycles. The Morgan fingerprint density at radius 2 is 1.69 bits per heavy atom. The fraction of sp³-hybridized carbons (Fsp3) is 0.179. The summed E-state index contributed by atoms with van der Waals surface area (Å²) in [6.07, 6.45) is -2.77. The molecular weight excluding hydrogens is 820 g/mol. The predicted octanol–water partition coefficient (Wildman–Crippen LogP) is 7.12. The fourth-order valence-electron chi connectivity index (χ4n) is 6.70. The van der Waals surface area contributed by atoms with Crippen molar-refractivity contribution in [1.82, 2.24) is 34.6 Å². The number of ether oxygens (including phenoxy) is 1. The summed E-state index contributed by atoms with van der Waals surface area (Å²) >= 11 is 6.81. The first kappa shape index (κ1) is 40.6. The Balaban J connectivity index is 1.50. The van der Waals surface area contributed by atoms with Crippen LogP contribution in [0.15, 0.2) is 89.9 Å². The molecular formula is C39H31ClF4N8O6S. The van der Waals surface area contributed by atoms with Gasteiger partial charge in [-0.2, -0.15) is 5.10 Å². The monoisotopic (exact) mass is 850 g/mol. The Kier molecular flexibility index (Phi) is 11.0. The second kappa shape index (κ2) is 16.0. The first-order valence-corrected chi connectivity index (χ1v) is 19.6. The van der Waals surface area contributed by atoms with Crippen molar-refractivity contribution < 1.29 is 40.6 Å². The number of carbonyl (C=O) groups is 1. The summed E-state index contributed by atoms with van der Waals surface area (Å²) in [5.74, 6) is -1.83. The number of fused-ring (bicyclic) bond motifs is 2. The Bertz CT molecular complexity index is 2930. The lowest BCUT2D eigenvalue weighted by Gasteiger charge is -2.23. The van der Waals surface area contributed by atoms with E-state index >= 15 is 0 Å². The largest absolute Gasteiger partial charge is 0.497 e. The number of amides is 1. The normalized spacial score (nSPS) is 12.3. The first-order valence-electron chi connectivity index (χ1n) is 17.4. The van der Waals surface area contributed by atoms with Crippen molar-refractivity contribution in [1.29, 1.82) is 0 Å². The molecule has 0 bridgehead atoms. The number of sulfonamides is 1. The number of nitrogens with one attached hydrogen (secondary N) is 1. The Hall–Kier alpha value is -6.60. The smallest absolute Gasteiger partial charge is 0.405 e. The van der Waals surface area contributed by atoms with E-state index in [4.69, 9.17) is 21.3 Å². The van der Waals surface area contributed by atoms with Gasteiger partial charge in [-0.25, -0.2) is 50.0 Å². The molecule has 1 atom stereocenters. The Labute approximate surface area is 337 Å². The maximum absolute atomic E-state index is 14.8. The van der Waals surface area contributed by atoms with E-state index < -0.39 is 57.9 Å². The summed E-state index contributed by atoms with van der Waals surface area (Å²) in [7, 11) is -1.08. The molecule has 304 valence electrons. The molecule has 3 aromatic heterocycles. The van der Waals surface area contributed by atoms with Crippen molar-refractivity contribution in [3.63, 3.8) is 0 Å². The van der Waals surface area contributed by atoms with Crippen LogP contribution in [0.2, 0.25) is 5.02 Å². The second-order valence-electron chi connectivity index (χ2n) is 13.3. The molecule has 1 unspecified atom stereocenters. The molecule has 7 rings (SSSR count). The minimum absolute atomic E-state index is 0.000454. The second-order valence-corrected chi connectivity index (χ2v) is 15.6. The molecule has 1 amide bonds. The third kappa shape index (κ3) is 8.24. The number of benzene rings is 4. The number of rotatable bonds is 12. The molecule has 0 spiro atoms. The van der Waals surface area contributed by atoms with Crippen molar-refractivity contribution in [2.75, 3.05) is 17.7 Å². The van der Waals surface area contributed by atoms with Gasteiger partial charge >= 0.3 is 6.09 Å². The molecule has 2 N–H and O–H groups in total. The number of aryl methyl sites for hydroxylation is 1. The average molecular weight is 851 g/mol. The zero-order valence-corrected chi connectivity index (χ0v) is 32.6. The molecule has 0 saturated heterocycles. The minimum Gasteiger partial charge on any atom is -0.497 e. The van der Waals surface area contributed by atoms with Crippen molar-refractivity contribution in [2.45, 2.75) is 25.4 Å². The number of anilines is 1. The SMILES string of the molecule is COc1ccc(CN(c2nn(C)c3c(-n4c(C(Cc5cc(F)cc(F)c5)NC(=O)O)nc5cc(-c6nccc(C(F)F)n6)ccc5c4=O)ccc(Cl)c23)S(C)(=O)=O)cc1. The van der Waals surface area contributed by atoms with Gasteiger partial charge in [-0.05, 0) is 65.7 Å². The van der Waals surface area contributed by atoms with Crippen LogP contribution in [0.25, 0.3) is 38.9 Å². The maximum atomic E-state index is 14.8. The topological polar surface area (TPSA) is 174 Å². The molecule has 0 saturated carbocycles. The quantitative estimate of drug-likeness (QED) is 0.121. The Morgan fingerprint density at radius 3 is 2.34 bits per heavy atom. The molecule has 0 aliphatic carbocycles. The van der Waals surface area contributed by atoms with Crippen LogP contribution >= 0.6 is 11.6 Å². The van der Waals surface area contributed by atoms with Gasteiger partial charge in [0.2, 0.25) is 10.0 Å². The number of carboxylic acid groups (broad SMARTS) is 1. The highest BCUT2D eigenvalue weighted by Gasteiger charge is 2.30. The third-order valence-electron chi connectivity index (χ3n) is 9.29. The molecule has 3 heterocycles. The van der Waals surface area contributed by atoms with Crippen LogP contribution < -0.4 is 19.9 Å². The highest BCUT2D eigenvalue weighted by Crippen LogP contribution is 2.38. The lowest BCUT2D eigenvalue weighted by Crippen LogP contribution is -2.35. The van der Waals surface area contributed by atoms with Crippen LogP contribution in [-0.2, 0) is 30.0 Å². The third-order valence-corrected chi connectivity index (χ3v) is 10.7. The van der Waals surface area contributed by atoms with E-state index in [2.05, 4.69) is 20.4 Å². The van der Waals surface area contributed by atoms with Gasteiger partial charge in [0.25, 0.3) is 12.0 Å². The standard InChI is InChI=1S/C39H31ClF4N8O6S/c1-50-33-31(11-10-27(40)32(33)37(49-50)51(59(3,56)57)19-20-4-7-25(58-2)8-5-20)52-36(30(48-39(54)55)16-21-14-23(41)18-24(42)15-21)47-29-17-22(6-9-26(29)38(52)53)35-45-13-12-28(46-35)34(43)44/h4-15,17-18,30,34,48H,16,19H2,1-3H3,(H,54,55). The van der Waals surface area contributed by atoms with Gasteiger partial charge in [0.05, 0.1) is 58.5 Å². The summed E-state index contributed by atoms with van der Waals surface area (Å²) in [4.78, 5) is 39.9. The van der Waals surface area contributed by atoms with Crippen LogP contribution in [0.4, 0.5) is 28.2 Å². The molecule has 59 heavy (non-hydrogen) atoms. The molecule has 20 heteroatoms. The summed E-state index contributed by atoms with van der Waals surface area (Å²) in [5.41, 5.74) is -0.447. The molecule has 0 aliphatic rings. The van der Waals surface area contributed by atoms with Gasteiger partial charge in [0, 0.05) is 31.3 Å². The fourth-order valence-corrected chi connectivity index (χ4v) is 7.76. The van der Waals surface area contributed by atoms with Crippen LogP contribution in [0, 0.1) is 11.6 Å². The van der Waals surface area contributed by atoms with E-state index in [9.17, 15) is 40.7 Å². The van der Waals surface area contributed by atoms with E-state index in [0.29, 0.717) is 17.4 Å². The van der Waals surface area contributed by atoms with Gasteiger partial charge < -0.3 is 15.2 Å². The number of hydrogen-bond donors (Lipinski definition) is 2. The van der Waals surface area contributed by atoms with E-state index in [1.807, 2.05) is 0 Å². The molecule has 0 fully saturated rings. The van der Waals surface area contributed by atoms with E-state index in [1.54, 1.807) is 24.3 Å². The van der Waals surface area contributed by atoms with Crippen LogP contribution in [-0.4, -0.2) is 62.3 Å². The van der Waals surface area contributed by atoms with Gasteiger partial charge in [0.1, 0.15) is 28.9 Å². The van der Waals surface area contributed by atoms with Crippen LogP contribution in [0.5, 0.6) is 5.75 Å². The highest BCUT2D eigenvalue weighted by atomic mass is 35.5. The van der Waals surface area contributed by atoms with Crippen molar-refractivity contribution in [2.24, 2.45) is 7.05 Å². The van der Waals surface area contributed by atoms with E-state index in [-0.39, 0.29) is 67.7 Å². The highest BCUT2D eigenvalue weighted by molar-refractivity contribution is 7.92. The van der Waals surface area contributed by atoms with Gasteiger partial charge in [-0.3, -0.25) is 14.0 Å². The lowest BCUT2D eigenvalue weighted by atomic mass is 10.0. The van der Waals surface area contributed by atoms with Crippen molar-refractivity contribution in [3.05, 3.63) is 135 Å². The molecule has 7 aromatic rings. The van der Waals surface area contributed by atoms with Gasteiger partial charge in [-0.1, -0.05) is 29.8 Å². The van der Waals surface area contributed by atoms with Gasteiger partial charge in [-0.15, -0.1) is 0 Å². The zero-order chi connectivity index (χ0) is 42.3. The summed E-state index contributed by atoms with van der Waals surface area (Å²) in [6.45, 7) is -0.181. The lowest BCUT2D eigenvalue weighted by molar-refractivity contribution is 0.146. The summed E-state index contributed by atoms with van der Waals surface area (Å²) < 4.78 is 91.4.